The largest absolute Gasteiger partial charge is 0.323 e. The van der Waals surface area contributed by atoms with Crippen LogP contribution in [-0.2, 0) is 0 Å². The van der Waals surface area contributed by atoms with Crippen LogP contribution in [-0.4, -0.2) is 15.9 Å². The summed E-state index contributed by atoms with van der Waals surface area (Å²) in [6, 6.07) is 14.9. The minimum atomic E-state index is -0.261. The van der Waals surface area contributed by atoms with Crippen molar-refractivity contribution in [3.05, 3.63) is 77.1 Å². The quantitative estimate of drug-likeness (QED) is 0.738. The van der Waals surface area contributed by atoms with Crippen LogP contribution in [0, 0.1) is 6.92 Å². The predicted octanol–water partition coefficient (Wildman–Crippen LogP) is 4.43. The zero-order valence-electron chi connectivity index (χ0n) is 13.0. The number of halogens is 1. The van der Waals surface area contributed by atoms with Crippen LogP contribution in [0.3, 0.4) is 0 Å². The fraction of sp³-hybridized carbons (Fsp3) is 0.0556. The lowest BCUT2D eigenvalue weighted by Gasteiger charge is -2.08. The van der Waals surface area contributed by atoms with E-state index in [0.717, 1.165) is 11.3 Å². The standard InChI is InChI=1S/C18H15ClN4O/c1-12-6-8-14(9-7-12)22-17(24)13-10-20-18(21-11-13)23-16-5-3-2-4-15(16)19/h2-11H,1H3,(H,22,24)(H,20,21,23). The molecule has 1 aromatic heterocycles. The molecule has 0 saturated heterocycles. The lowest BCUT2D eigenvalue weighted by atomic mass is 10.2. The molecule has 0 radical (unpaired) electrons. The van der Waals surface area contributed by atoms with Crippen LogP contribution in [0.15, 0.2) is 60.9 Å². The molecule has 24 heavy (non-hydrogen) atoms. The van der Waals surface area contributed by atoms with E-state index in [0.29, 0.717) is 22.2 Å². The molecule has 2 aromatic carbocycles. The van der Waals surface area contributed by atoms with Crippen LogP contribution in [0.5, 0.6) is 0 Å². The van der Waals surface area contributed by atoms with Gasteiger partial charge in [0.15, 0.2) is 0 Å². The highest BCUT2D eigenvalue weighted by molar-refractivity contribution is 6.33. The van der Waals surface area contributed by atoms with Crippen molar-refractivity contribution < 1.29 is 4.79 Å². The second-order valence-corrected chi connectivity index (χ2v) is 5.63. The summed E-state index contributed by atoms with van der Waals surface area (Å²) in [5, 5.41) is 6.38. The minimum Gasteiger partial charge on any atom is -0.323 e. The smallest absolute Gasteiger partial charge is 0.258 e. The molecular weight excluding hydrogens is 324 g/mol. The Morgan fingerprint density at radius 3 is 2.33 bits per heavy atom. The van der Waals surface area contributed by atoms with Crippen molar-refractivity contribution >= 4 is 34.8 Å². The number of anilines is 3. The monoisotopic (exact) mass is 338 g/mol. The lowest BCUT2D eigenvalue weighted by Crippen LogP contribution is -2.13. The molecule has 0 atom stereocenters. The second kappa shape index (κ2) is 7.10. The van der Waals surface area contributed by atoms with Crippen molar-refractivity contribution in [2.75, 3.05) is 10.6 Å². The molecule has 0 fully saturated rings. The summed E-state index contributed by atoms with van der Waals surface area (Å²) in [7, 11) is 0. The van der Waals surface area contributed by atoms with Crippen molar-refractivity contribution in [3.63, 3.8) is 0 Å². The average molecular weight is 339 g/mol. The molecule has 120 valence electrons. The third-order valence-corrected chi connectivity index (χ3v) is 3.67. The molecule has 1 heterocycles. The zero-order chi connectivity index (χ0) is 16.9. The normalized spacial score (nSPS) is 10.2. The summed E-state index contributed by atoms with van der Waals surface area (Å²) in [5.74, 6) is 0.109. The number of benzene rings is 2. The molecular formula is C18H15ClN4O. The molecule has 3 rings (SSSR count). The number of carbonyl (C=O) groups is 1. The second-order valence-electron chi connectivity index (χ2n) is 5.22. The summed E-state index contributed by atoms with van der Waals surface area (Å²) in [5.41, 5.74) is 2.94. The van der Waals surface area contributed by atoms with E-state index >= 15 is 0 Å². The Bertz CT molecular complexity index is 848. The van der Waals surface area contributed by atoms with Crippen molar-refractivity contribution in [1.29, 1.82) is 0 Å². The number of rotatable bonds is 4. The highest BCUT2D eigenvalue weighted by Crippen LogP contribution is 2.23. The van der Waals surface area contributed by atoms with Gasteiger partial charge >= 0.3 is 0 Å². The molecule has 6 heteroatoms. The summed E-state index contributed by atoms with van der Waals surface area (Å²) < 4.78 is 0. The van der Waals surface area contributed by atoms with Crippen LogP contribution in [0.25, 0.3) is 0 Å². The first-order valence-corrected chi connectivity index (χ1v) is 7.71. The van der Waals surface area contributed by atoms with E-state index in [1.807, 2.05) is 49.4 Å². The van der Waals surface area contributed by atoms with Crippen molar-refractivity contribution in [3.8, 4) is 0 Å². The number of aromatic nitrogens is 2. The molecule has 5 nitrogen and oxygen atoms in total. The summed E-state index contributed by atoms with van der Waals surface area (Å²) in [6.45, 7) is 1.99. The van der Waals surface area contributed by atoms with E-state index in [-0.39, 0.29) is 5.91 Å². The fourth-order valence-electron chi connectivity index (χ4n) is 2.03. The van der Waals surface area contributed by atoms with Gasteiger partial charge in [-0.15, -0.1) is 0 Å². The van der Waals surface area contributed by atoms with E-state index < -0.39 is 0 Å². The number of para-hydroxylation sites is 1. The Labute approximate surface area is 144 Å². The van der Waals surface area contributed by atoms with Crippen LogP contribution in [0.4, 0.5) is 17.3 Å². The number of carbonyl (C=O) groups excluding carboxylic acids is 1. The van der Waals surface area contributed by atoms with Gasteiger partial charge < -0.3 is 10.6 Å². The molecule has 0 spiro atoms. The Morgan fingerprint density at radius 1 is 1.00 bits per heavy atom. The van der Waals surface area contributed by atoms with Gasteiger partial charge in [-0.25, -0.2) is 9.97 Å². The van der Waals surface area contributed by atoms with Gasteiger partial charge in [0.05, 0.1) is 16.3 Å². The number of hydrogen-bond donors (Lipinski definition) is 2. The number of aryl methyl sites for hydroxylation is 1. The maximum absolute atomic E-state index is 12.2. The summed E-state index contributed by atoms with van der Waals surface area (Å²) in [4.78, 5) is 20.5. The molecule has 0 unspecified atom stereocenters. The van der Waals surface area contributed by atoms with E-state index in [1.54, 1.807) is 6.07 Å². The van der Waals surface area contributed by atoms with Gasteiger partial charge in [-0.05, 0) is 31.2 Å². The Balaban J connectivity index is 1.68. The Kier molecular flexibility index (Phi) is 4.72. The van der Waals surface area contributed by atoms with E-state index in [4.69, 9.17) is 11.6 Å². The van der Waals surface area contributed by atoms with Gasteiger partial charge in [-0.2, -0.15) is 0 Å². The molecule has 0 aliphatic carbocycles. The van der Waals surface area contributed by atoms with Crippen LogP contribution in [0.1, 0.15) is 15.9 Å². The van der Waals surface area contributed by atoms with E-state index in [2.05, 4.69) is 20.6 Å². The number of hydrogen-bond acceptors (Lipinski definition) is 4. The number of nitrogens with zero attached hydrogens (tertiary/aromatic N) is 2. The third kappa shape index (κ3) is 3.88. The first kappa shape index (κ1) is 16.0. The maximum Gasteiger partial charge on any atom is 0.258 e. The molecule has 1 amide bonds. The highest BCUT2D eigenvalue weighted by atomic mass is 35.5. The van der Waals surface area contributed by atoms with Gasteiger partial charge in [0.2, 0.25) is 5.95 Å². The topological polar surface area (TPSA) is 66.9 Å². The SMILES string of the molecule is Cc1ccc(NC(=O)c2cnc(Nc3ccccc3Cl)nc2)cc1. The summed E-state index contributed by atoms with van der Waals surface area (Å²) in [6.07, 6.45) is 2.94. The number of amides is 1. The zero-order valence-corrected chi connectivity index (χ0v) is 13.7. The highest BCUT2D eigenvalue weighted by Gasteiger charge is 2.08. The van der Waals surface area contributed by atoms with Crippen molar-refractivity contribution in [2.45, 2.75) is 6.92 Å². The van der Waals surface area contributed by atoms with Gasteiger partial charge in [0.1, 0.15) is 0 Å². The average Bonchev–Trinajstić information content (AvgIpc) is 2.59. The Morgan fingerprint density at radius 2 is 1.67 bits per heavy atom. The molecule has 0 bridgehead atoms. The fourth-order valence-corrected chi connectivity index (χ4v) is 2.22. The lowest BCUT2D eigenvalue weighted by molar-refractivity contribution is 0.102. The van der Waals surface area contributed by atoms with Gasteiger partial charge in [-0.1, -0.05) is 41.4 Å². The van der Waals surface area contributed by atoms with Crippen molar-refractivity contribution in [2.24, 2.45) is 0 Å². The first-order chi connectivity index (χ1) is 11.6. The third-order valence-electron chi connectivity index (χ3n) is 3.34. The van der Waals surface area contributed by atoms with Gasteiger partial charge in [0.25, 0.3) is 5.91 Å². The van der Waals surface area contributed by atoms with E-state index in [9.17, 15) is 4.79 Å². The predicted molar refractivity (Wildman–Crippen MR) is 95.9 cm³/mol. The molecule has 0 aliphatic rings. The van der Waals surface area contributed by atoms with Gasteiger partial charge in [0, 0.05) is 18.1 Å². The number of nitrogens with one attached hydrogen (secondary N) is 2. The molecule has 0 aliphatic heterocycles. The Hall–Kier alpha value is -2.92. The summed E-state index contributed by atoms with van der Waals surface area (Å²) >= 11 is 6.08. The van der Waals surface area contributed by atoms with Crippen LogP contribution in [0.2, 0.25) is 5.02 Å². The molecule has 2 N–H and O–H groups in total. The maximum atomic E-state index is 12.2. The molecule has 0 saturated carbocycles. The first-order valence-electron chi connectivity index (χ1n) is 7.33. The van der Waals surface area contributed by atoms with Crippen molar-refractivity contribution in [1.82, 2.24) is 9.97 Å². The van der Waals surface area contributed by atoms with Crippen LogP contribution < -0.4 is 10.6 Å². The van der Waals surface area contributed by atoms with Gasteiger partial charge in [-0.3, -0.25) is 4.79 Å². The molecule has 3 aromatic rings. The minimum absolute atomic E-state index is 0.261. The van der Waals surface area contributed by atoms with Crippen LogP contribution >= 0.6 is 11.6 Å². The van der Waals surface area contributed by atoms with E-state index in [1.165, 1.54) is 12.4 Å².